The zero-order valence-corrected chi connectivity index (χ0v) is 15.3. The van der Waals surface area contributed by atoms with E-state index >= 15 is 0 Å². The van der Waals surface area contributed by atoms with Gasteiger partial charge < -0.3 is 15.1 Å². The van der Waals surface area contributed by atoms with E-state index in [0.717, 1.165) is 19.4 Å². The average molecular weight is 352 g/mol. The van der Waals surface area contributed by atoms with Crippen molar-refractivity contribution in [1.29, 1.82) is 0 Å². The van der Waals surface area contributed by atoms with Crippen molar-refractivity contribution in [3.05, 3.63) is 0 Å². The molecule has 1 unspecified atom stereocenters. The van der Waals surface area contributed by atoms with Crippen LogP contribution in [0.25, 0.3) is 0 Å². The fourth-order valence-corrected chi connectivity index (χ4v) is 4.28. The smallest absolute Gasteiger partial charge is 0.222 e. The van der Waals surface area contributed by atoms with Crippen LogP contribution in [0.4, 0.5) is 0 Å². The molecule has 0 radical (unpaired) electrons. The van der Waals surface area contributed by atoms with Crippen molar-refractivity contribution in [2.45, 2.75) is 38.5 Å². The molecule has 0 saturated carbocycles. The summed E-state index contributed by atoms with van der Waals surface area (Å²) >= 11 is 0. The summed E-state index contributed by atoms with van der Waals surface area (Å²) in [7, 11) is 1.95. The van der Waals surface area contributed by atoms with Crippen molar-refractivity contribution in [3.8, 4) is 0 Å². The molecule has 130 valence electrons. The molecule has 1 N–H and O–H groups in total. The fraction of sp³-hybridized carbons (Fsp3) is 0.938. The molecule has 3 saturated heterocycles. The van der Waals surface area contributed by atoms with E-state index in [2.05, 4.69) is 10.2 Å². The van der Waals surface area contributed by atoms with Gasteiger partial charge in [0.05, 0.1) is 0 Å². The van der Waals surface area contributed by atoms with E-state index in [1.54, 1.807) is 0 Å². The number of piperidine rings is 3. The maximum absolute atomic E-state index is 11.5. The molecule has 0 aromatic heterocycles. The van der Waals surface area contributed by atoms with Crippen molar-refractivity contribution in [2.75, 3.05) is 46.3 Å². The number of carbonyl (C=O) groups excluding carboxylic acids is 1. The van der Waals surface area contributed by atoms with Crippen LogP contribution < -0.4 is 5.32 Å². The van der Waals surface area contributed by atoms with Crippen LogP contribution in [-0.4, -0.2) is 62.0 Å². The number of hydrogen-bond donors (Lipinski definition) is 1. The van der Waals surface area contributed by atoms with Crippen LogP contribution in [-0.2, 0) is 4.79 Å². The Kier molecular flexibility index (Phi) is 7.93. The first-order chi connectivity index (χ1) is 9.67. The lowest BCUT2D eigenvalue weighted by Crippen LogP contribution is -2.48. The maximum Gasteiger partial charge on any atom is 0.222 e. The molecule has 3 aliphatic heterocycles. The summed E-state index contributed by atoms with van der Waals surface area (Å²) in [6.07, 6.45) is 7.37. The lowest BCUT2D eigenvalue weighted by molar-refractivity contribution is -0.133. The summed E-state index contributed by atoms with van der Waals surface area (Å²) < 4.78 is 0. The normalized spacial score (nSPS) is 28.9. The second kappa shape index (κ2) is 8.72. The summed E-state index contributed by atoms with van der Waals surface area (Å²) in [5.41, 5.74) is 0.654. The Bertz CT molecular complexity index is 351. The van der Waals surface area contributed by atoms with Gasteiger partial charge in [-0.15, -0.1) is 24.8 Å². The van der Waals surface area contributed by atoms with Gasteiger partial charge >= 0.3 is 0 Å². The van der Waals surface area contributed by atoms with Crippen molar-refractivity contribution in [1.82, 2.24) is 15.1 Å². The highest BCUT2D eigenvalue weighted by atomic mass is 35.5. The molecule has 1 spiro atoms. The van der Waals surface area contributed by atoms with E-state index < -0.39 is 0 Å². The third-order valence-corrected chi connectivity index (χ3v) is 5.82. The first kappa shape index (κ1) is 20.0. The number of carbonyl (C=O) groups is 1. The van der Waals surface area contributed by atoms with Crippen LogP contribution in [0.5, 0.6) is 0 Å². The Morgan fingerprint density at radius 2 is 1.77 bits per heavy atom. The highest BCUT2D eigenvalue weighted by Crippen LogP contribution is 2.39. The number of rotatable bonds is 2. The van der Waals surface area contributed by atoms with E-state index in [9.17, 15) is 4.79 Å². The number of nitrogens with one attached hydrogen (secondary N) is 1. The summed E-state index contributed by atoms with van der Waals surface area (Å²) in [4.78, 5) is 16.1. The number of likely N-dealkylation sites (tertiary alicyclic amines) is 2. The standard InChI is InChI=1S/C16H29N3O.2ClH/c1-18-12-14(2-3-15(18)20)13-19-10-6-16(7-11-19)4-8-17-9-5-16;;/h14,17H,2-13H2,1H3;2*1H. The van der Waals surface area contributed by atoms with Crippen LogP contribution in [0.1, 0.15) is 38.5 Å². The molecule has 0 aliphatic carbocycles. The van der Waals surface area contributed by atoms with Crippen LogP contribution in [0.3, 0.4) is 0 Å². The van der Waals surface area contributed by atoms with Crippen LogP contribution in [0.2, 0.25) is 0 Å². The third kappa shape index (κ3) is 4.73. The van der Waals surface area contributed by atoms with Crippen molar-refractivity contribution in [3.63, 3.8) is 0 Å². The van der Waals surface area contributed by atoms with Crippen molar-refractivity contribution in [2.24, 2.45) is 11.3 Å². The van der Waals surface area contributed by atoms with E-state index in [1.165, 1.54) is 58.4 Å². The Balaban J connectivity index is 0.00000121. The van der Waals surface area contributed by atoms with Crippen LogP contribution in [0, 0.1) is 11.3 Å². The third-order valence-electron chi connectivity index (χ3n) is 5.82. The zero-order valence-electron chi connectivity index (χ0n) is 13.7. The van der Waals surface area contributed by atoms with Gasteiger partial charge in [-0.3, -0.25) is 4.79 Å². The highest BCUT2D eigenvalue weighted by molar-refractivity contribution is 5.85. The topological polar surface area (TPSA) is 35.6 Å². The van der Waals surface area contributed by atoms with Crippen LogP contribution >= 0.6 is 24.8 Å². The van der Waals surface area contributed by atoms with E-state index in [0.29, 0.717) is 17.2 Å². The molecule has 3 aliphatic rings. The van der Waals surface area contributed by atoms with Crippen molar-refractivity contribution < 1.29 is 4.79 Å². The van der Waals surface area contributed by atoms with Gasteiger partial charge in [0, 0.05) is 26.6 Å². The predicted molar refractivity (Wildman–Crippen MR) is 95.1 cm³/mol. The molecule has 3 fully saturated rings. The van der Waals surface area contributed by atoms with Gasteiger partial charge in [-0.1, -0.05) is 0 Å². The molecule has 1 amide bonds. The number of amides is 1. The SMILES string of the molecule is CN1CC(CN2CCC3(CCNCC3)CC2)CCC1=O.Cl.Cl. The Labute approximate surface area is 147 Å². The summed E-state index contributed by atoms with van der Waals surface area (Å²) in [5.74, 6) is 1.02. The highest BCUT2D eigenvalue weighted by Gasteiger charge is 2.36. The monoisotopic (exact) mass is 351 g/mol. The molecule has 4 nitrogen and oxygen atoms in total. The lowest BCUT2D eigenvalue weighted by Gasteiger charge is -2.45. The minimum atomic E-state index is 0. The van der Waals surface area contributed by atoms with E-state index in [1.807, 2.05) is 11.9 Å². The van der Waals surface area contributed by atoms with E-state index in [4.69, 9.17) is 0 Å². The molecule has 22 heavy (non-hydrogen) atoms. The van der Waals surface area contributed by atoms with Gasteiger partial charge in [0.25, 0.3) is 0 Å². The molecule has 6 heteroatoms. The second-order valence-corrected chi connectivity index (χ2v) is 7.23. The summed E-state index contributed by atoms with van der Waals surface area (Å²) in [5, 5.41) is 3.49. The van der Waals surface area contributed by atoms with Crippen molar-refractivity contribution >= 4 is 30.7 Å². The fourth-order valence-electron chi connectivity index (χ4n) is 4.28. The minimum absolute atomic E-state index is 0. The van der Waals surface area contributed by atoms with Gasteiger partial charge in [0.15, 0.2) is 0 Å². The van der Waals surface area contributed by atoms with Gasteiger partial charge in [-0.2, -0.15) is 0 Å². The minimum Gasteiger partial charge on any atom is -0.345 e. The van der Waals surface area contributed by atoms with Gasteiger partial charge in [0.2, 0.25) is 5.91 Å². The molecule has 0 aromatic rings. The van der Waals surface area contributed by atoms with Crippen LogP contribution in [0.15, 0.2) is 0 Å². The van der Waals surface area contributed by atoms with Gasteiger partial charge in [-0.25, -0.2) is 0 Å². The average Bonchev–Trinajstić information content (AvgIpc) is 2.47. The molecular formula is C16H31Cl2N3O. The Hall–Kier alpha value is -0.0300. The first-order valence-electron chi connectivity index (χ1n) is 8.34. The largest absolute Gasteiger partial charge is 0.345 e. The molecule has 3 heterocycles. The van der Waals surface area contributed by atoms with E-state index in [-0.39, 0.29) is 24.8 Å². The molecule has 0 aromatic carbocycles. The molecule has 0 bridgehead atoms. The van der Waals surface area contributed by atoms with Gasteiger partial charge in [0.1, 0.15) is 0 Å². The second-order valence-electron chi connectivity index (χ2n) is 7.23. The number of halogens is 2. The van der Waals surface area contributed by atoms with Gasteiger partial charge in [-0.05, 0) is 69.6 Å². The zero-order chi connectivity index (χ0) is 14.0. The quantitative estimate of drug-likeness (QED) is 0.827. The summed E-state index contributed by atoms with van der Waals surface area (Å²) in [6.45, 7) is 7.14. The molecular weight excluding hydrogens is 321 g/mol. The first-order valence-corrected chi connectivity index (χ1v) is 8.34. The lowest BCUT2D eigenvalue weighted by atomic mass is 9.71. The number of nitrogens with zero attached hydrogens (tertiary/aromatic N) is 2. The summed E-state index contributed by atoms with van der Waals surface area (Å²) in [6, 6.07) is 0. The molecule has 1 atom stereocenters. The molecule has 3 rings (SSSR count). The number of hydrogen-bond acceptors (Lipinski definition) is 3. The maximum atomic E-state index is 11.5. The predicted octanol–water partition coefficient (Wildman–Crippen LogP) is 2.16. The Morgan fingerprint density at radius 1 is 1.14 bits per heavy atom. The Morgan fingerprint density at radius 3 is 2.36 bits per heavy atom.